The van der Waals surface area contributed by atoms with Crippen molar-refractivity contribution in [3.8, 4) is 0 Å². The number of hydrogen-bond donors (Lipinski definition) is 2. The molecule has 0 saturated carbocycles. The van der Waals surface area contributed by atoms with Gasteiger partial charge in [-0.3, -0.25) is 0 Å². The molecule has 2 N–H and O–H groups in total. The third-order valence-corrected chi connectivity index (χ3v) is 2.89. The number of para-hydroxylation sites is 1. The Balaban J connectivity index is 2.16. The van der Waals surface area contributed by atoms with Crippen molar-refractivity contribution < 1.29 is 23.1 Å². The molecule has 0 aliphatic carbocycles. The van der Waals surface area contributed by atoms with E-state index in [2.05, 4.69) is 5.32 Å². The number of rotatable bonds is 4. The maximum atomic E-state index is 12.6. The predicted molar refractivity (Wildman–Crippen MR) is 72.2 cm³/mol. The van der Waals surface area contributed by atoms with Crippen LogP contribution in [0.2, 0.25) is 0 Å². The van der Waals surface area contributed by atoms with Crippen molar-refractivity contribution in [2.24, 2.45) is 0 Å². The zero-order chi connectivity index (χ0) is 15.5. The molecule has 0 unspecified atom stereocenters. The van der Waals surface area contributed by atoms with E-state index in [0.29, 0.717) is 11.3 Å². The number of carboxylic acids is 1. The third kappa shape index (κ3) is 3.75. The van der Waals surface area contributed by atoms with Gasteiger partial charge in [-0.15, -0.1) is 0 Å². The summed E-state index contributed by atoms with van der Waals surface area (Å²) in [5.74, 6) is -1.10. The minimum atomic E-state index is -4.39. The lowest BCUT2D eigenvalue weighted by Crippen LogP contribution is -2.08. The molecule has 0 radical (unpaired) electrons. The van der Waals surface area contributed by atoms with Crippen LogP contribution in [-0.4, -0.2) is 11.1 Å². The van der Waals surface area contributed by atoms with Crippen LogP contribution in [0, 0.1) is 0 Å². The zero-order valence-electron chi connectivity index (χ0n) is 10.8. The van der Waals surface area contributed by atoms with Crippen LogP contribution in [0.4, 0.5) is 18.9 Å². The molecule has 110 valence electrons. The van der Waals surface area contributed by atoms with Gasteiger partial charge in [0.05, 0.1) is 11.1 Å². The lowest BCUT2D eigenvalue weighted by molar-refractivity contribution is -0.137. The van der Waals surface area contributed by atoms with E-state index in [9.17, 15) is 18.0 Å². The largest absolute Gasteiger partial charge is 0.478 e. The molecule has 2 aromatic rings. The molecular weight excluding hydrogens is 283 g/mol. The second kappa shape index (κ2) is 5.87. The van der Waals surface area contributed by atoms with Gasteiger partial charge in [-0.25, -0.2) is 4.79 Å². The summed E-state index contributed by atoms with van der Waals surface area (Å²) in [5, 5.41) is 11.9. The standard InChI is InChI=1S/C15H12F3NO2/c16-15(17,18)11-5-3-4-10(8-11)9-19-13-7-2-1-6-12(13)14(20)21/h1-8,19H,9H2,(H,20,21). The molecular formula is C15H12F3NO2. The van der Waals surface area contributed by atoms with E-state index in [-0.39, 0.29) is 12.1 Å². The van der Waals surface area contributed by atoms with E-state index in [0.717, 1.165) is 12.1 Å². The Bertz CT molecular complexity index is 653. The van der Waals surface area contributed by atoms with Crippen LogP contribution in [0.25, 0.3) is 0 Å². The Morgan fingerprint density at radius 2 is 1.81 bits per heavy atom. The van der Waals surface area contributed by atoms with E-state index in [1.54, 1.807) is 24.3 Å². The zero-order valence-corrected chi connectivity index (χ0v) is 10.8. The van der Waals surface area contributed by atoms with Crippen molar-refractivity contribution in [2.45, 2.75) is 12.7 Å². The van der Waals surface area contributed by atoms with Gasteiger partial charge in [-0.2, -0.15) is 13.2 Å². The second-order valence-corrected chi connectivity index (χ2v) is 4.40. The monoisotopic (exact) mass is 295 g/mol. The van der Waals surface area contributed by atoms with Crippen LogP contribution in [0.15, 0.2) is 48.5 Å². The van der Waals surface area contributed by atoms with Gasteiger partial charge in [-0.1, -0.05) is 24.3 Å². The molecule has 0 saturated heterocycles. The van der Waals surface area contributed by atoms with Crippen molar-refractivity contribution in [3.05, 3.63) is 65.2 Å². The van der Waals surface area contributed by atoms with Gasteiger partial charge in [0.1, 0.15) is 0 Å². The van der Waals surface area contributed by atoms with E-state index in [1.807, 2.05) is 0 Å². The Hall–Kier alpha value is -2.50. The van der Waals surface area contributed by atoms with Crippen LogP contribution in [-0.2, 0) is 12.7 Å². The number of nitrogens with one attached hydrogen (secondary N) is 1. The fourth-order valence-corrected chi connectivity index (χ4v) is 1.88. The Labute approximate surface area is 119 Å². The summed E-state index contributed by atoms with van der Waals surface area (Å²) in [6.45, 7) is 0.105. The SMILES string of the molecule is O=C(O)c1ccccc1NCc1cccc(C(F)(F)F)c1. The minimum Gasteiger partial charge on any atom is -0.478 e. The lowest BCUT2D eigenvalue weighted by atomic mass is 10.1. The van der Waals surface area contributed by atoms with Crippen LogP contribution < -0.4 is 5.32 Å². The highest BCUT2D eigenvalue weighted by Crippen LogP contribution is 2.29. The average Bonchev–Trinajstić information content (AvgIpc) is 2.45. The molecule has 6 heteroatoms. The molecule has 21 heavy (non-hydrogen) atoms. The molecule has 0 amide bonds. The molecule has 0 aromatic heterocycles. The van der Waals surface area contributed by atoms with Crippen LogP contribution in [0.3, 0.4) is 0 Å². The molecule has 3 nitrogen and oxygen atoms in total. The highest BCUT2D eigenvalue weighted by Gasteiger charge is 2.30. The number of aromatic carboxylic acids is 1. The number of carboxylic acid groups (broad SMARTS) is 1. The molecule has 0 aliphatic heterocycles. The van der Waals surface area contributed by atoms with Gasteiger partial charge in [0.25, 0.3) is 0 Å². The van der Waals surface area contributed by atoms with Crippen LogP contribution in [0.1, 0.15) is 21.5 Å². The molecule has 0 aliphatic rings. The molecule has 0 atom stereocenters. The van der Waals surface area contributed by atoms with Gasteiger partial charge < -0.3 is 10.4 Å². The average molecular weight is 295 g/mol. The summed E-state index contributed by atoms with van der Waals surface area (Å²) >= 11 is 0. The topological polar surface area (TPSA) is 49.3 Å². The molecule has 0 fully saturated rings. The number of carbonyl (C=O) groups is 1. The quantitative estimate of drug-likeness (QED) is 0.895. The van der Waals surface area contributed by atoms with Crippen LogP contribution in [0.5, 0.6) is 0 Å². The van der Waals surface area contributed by atoms with Crippen molar-refractivity contribution in [1.29, 1.82) is 0 Å². The van der Waals surface area contributed by atoms with E-state index >= 15 is 0 Å². The van der Waals surface area contributed by atoms with Crippen LogP contribution >= 0.6 is 0 Å². The van der Waals surface area contributed by atoms with Gasteiger partial charge >= 0.3 is 12.1 Å². The van der Waals surface area contributed by atoms with Crippen molar-refractivity contribution in [3.63, 3.8) is 0 Å². The minimum absolute atomic E-state index is 0.0736. The molecule has 0 bridgehead atoms. The fourth-order valence-electron chi connectivity index (χ4n) is 1.88. The van der Waals surface area contributed by atoms with Gasteiger partial charge in [-0.05, 0) is 29.8 Å². The third-order valence-electron chi connectivity index (χ3n) is 2.89. The van der Waals surface area contributed by atoms with E-state index in [4.69, 9.17) is 5.11 Å². The summed E-state index contributed by atoms with van der Waals surface area (Å²) in [6, 6.07) is 11.1. The number of alkyl halides is 3. The summed E-state index contributed by atoms with van der Waals surface area (Å²) < 4.78 is 37.8. The fraction of sp³-hybridized carbons (Fsp3) is 0.133. The first-order chi connectivity index (χ1) is 9.88. The molecule has 2 rings (SSSR count). The lowest BCUT2D eigenvalue weighted by Gasteiger charge is -2.11. The summed E-state index contributed by atoms with van der Waals surface area (Å²) in [4.78, 5) is 11.0. The van der Waals surface area contributed by atoms with Crippen molar-refractivity contribution in [1.82, 2.24) is 0 Å². The van der Waals surface area contributed by atoms with E-state index in [1.165, 1.54) is 12.1 Å². The number of anilines is 1. The van der Waals surface area contributed by atoms with Gasteiger partial charge in [0.15, 0.2) is 0 Å². The van der Waals surface area contributed by atoms with Gasteiger partial charge in [0.2, 0.25) is 0 Å². The summed E-state index contributed by atoms with van der Waals surface area (Å²) in [6.07, 6.45) is -4.39. The summed E-state index contributed by atoms with van der Waals surface area (Å²) in [5.41, 5.74) is 0.130. The molecule has 0 heterocycles. The van der Waals surface area contributed by atoms with Gasteiger partial charge in [0, 0.05) is 12.2 Å². The van der Waals surface area contributed by atoms with E-state index < -0.39 is 17.7 Å². The second-order valence-electron chi connectivity index (χ2n) is 4.40. The smallest absolute Gasteiger partial charge is 0.416 e. The highest BCUT2D eigenvalue weighted by molar-refractivity contribution is 5.94. The normalized spacial score (nSPS) is 11.2. The highest BCUT2D eigenvalue weighted by atomic mass is 19.4. The number of hydrogen-bond acceptors (Lipinski definition) is 2. The summed E-state index contributed by atoms with van der Waals surface area (Å²) in [7, 11) is 0. The molecule has 2 aromatic carbocycles. The maximum absolute atomic E-state index is 12.6. The Kier molecular flexibility index (Phi) is 4.16. The maximum Gasteiger partial charge on any atom is 0.416 e. The first-order valence-corrected chi connectivity index (χ1v) is 6.10. The Morgan fingerprint density at radius 1 is 1.10 bits per heavy atom. The number of halogens is 3. The predicted octanol–water partition coefficient (Wildman–Crippen LogP) is 4.02. The number of benzene rings is 2. The Morgan fingerprint density at radius 3 is 2.48 bits per heavy atom. The first-order valence-electron chi connectivity index (χ1n) is 6.10. The van der Waals surface area contributed by atoms with Crippen molar-refractivity contribution >= 4 is 11.7 Å². The molecule has 0 spiro atoms. The van der Waals surface area contributed by atoms with Crippen molar-refractivity contribution in [2.75, 3.05) is 5.32 Å². The first kappa shape index (κ1) is 14.9.